The molecule has 34 heavy (non-hydrogen) atoms. The number of hydrogen-bond acceptors (Lipinski definition) is 6. The first kappa shape index (κ1) is 23.6. The van der Waals surface area contributed by atoms with E-state index in [1.807, 2.05) is 42.5 Å². The Hall–Kier alpha value is -3.56. The van der Waals surface area contributed by atoms with Gasteiger partial charge >= 0.3 is 0 Å². The van der Waals surface area contributed by atoms with Gasteiger partial charge in [-0.25, -0.2) is 8.42 Å². The molecule has 1 fully saturated rings. The lowest BCUT2D eigenvalue weighted by Crippen LogP contribution is -2.43. The van der Waals surface area contributed by atoms with Crippen LogP contribution in [0, 0.1) is 0 Å². The number of ether oxygens (including phenoxy) is 2. The van der Waals surface area contributed by atoms with Crippen molar-refractivity contribution in [3.63, 3.8) is 0 Å². The summed E-state index contributed by atoms with van der Waals surface area (Å²) in [6, 6.07) is 20.7. The van der Waals surface area contributed by atoms with Crippen LogP contribution in [-0.4, -0.2) is 45.4 Å². The highest BCUT2D eigenvalue weighted by molar-refractivity contribution is 7.89. The number of anilines is 3. The zero-order valence-corrected chi connectivity index (χ0v) is 19.8. The molecule has 1 heterocycles. The van der Waals surface area contributed by atoms with Gasteiger partial charge in [-0.05, 0) is 61.4 Å². The molecule has 1 atom stereocenters. The van der Waals surface area contributed by atoms with Gasteiger partial charge < -0.3 is 20.1 Å². The fourth-order valence-electron chi connectivity index (χ4n) is 3.95. The fraction of sp³-hybridized carbons (Fsp3) is 0.240. The van der Waals surface area contributed by atoms with Crippen LogP contribution in [0.1, 0.15) is 12.8 Å². The van der Waals surface area contributed by atoms with Crippen molar-refractivity contribution in [1.82, 2.24) is 4.31 Å². The number of benzene rings is 3. The van der Waals surface area contributed by atoms with E-state index in [1.54, 1.807) is 18.2 Å². The van der Waals surface area contributed by atoms with E-state index in [2.05, 4.69) is 10.6 Å². The number of carbonyl (C=O) groups excluding carboxylic acids is 1. The number of nitrogens with one attached hydrogen (secondary N) is 2. The maximum atomic E-state index is 13.3. The monoisotopic (exact) mass is 481 g/mol. The molecule has 0 radical (unpaired) electrons. The number of methoxy groups -OCH3 is 2. The Balaban J connectivity index is 1.47. The van der Waals surface area contributed by atoms with E-state index in [9.17, 15) is 13.2 Å². The van der Waals surface area contributed by atoms with E-state index in [4.69, 9.17) is 9.47 Å². The lowest BCUT2D eigenvalue weighted by molar-refractivity contribution is -0.119. The molecule has 0 spiro atoms. The quantitative estimate of drug-likeness (QED) is 0.500. The van der Waals surface area contributed by atoms with Gasteiger partial charge in [0.2, 0.25) is 15.9 Å². The molecule has 0 aliphatic carbocycles. The minimum absolute atomic E-state index is 0.0567. The normalized spacial score (nSPS) is 16.1. The third kappa shape index (κ3) is 5.00. The van der Waals surface area contributed by atoms with Crippen LogP contribution in [0.15, 0.2) is 77.7 Å². The van der Waals surface area contributed by atoms with Gasteiger partial charge in [0.15, 0.2) is 11.5 Å². The molecule has 178 valence electrons. The van der Waals surface area contributed by atoms with Gasteiger partial charge in [-0.3, -0.25) is 4.79 Å². The van der Waals surface area contributed by atoms with Crippen molar-refractivity contribution in [2.75, 3.05) is 31.4 Å². The van der Waals surface area contributed by atoms with E-state index in [0.29, 0.717) is 30.0 Å². The summed E-state index contributed by atoms with van der Waals surface area (Å²) in [6.07, 6.45) is 1.05. The van der Waals surface area contributed by atoms with Crippen LogP contribution in [0.4, 0.5) is 17.1 Å². The van der Waals surface area contributed by atoms with Crippen LogP contribution in [0.25, 0.3) is 0 Å². The summed E-state index contributed by atoms with van der Waals surface area (Å²) in [5.74, 6) is 0.390. The summed E-state index contributed by atoms with van der Waals surface area (Å²) < 4.78 is 38.4. The molecule has 1 aliphatic rings. The molecular weight excluding hydrogens is 454 g/mol. The molecule has 0 saturated carbocycles. The molecule has 1 aliphatic heterocycles. The molecule has 8 nitrogen and oxygen atoms in total. The van der Waals surface area contributed by atoms with Crippen molar-refractivity contribution in [1.29, 1.82) is 0 Å². The molecule has 0 aromatic heterocycles. The summed E-state index contributed by atoms with van der Waals surface area (Å²) in [5, 5.41) is 6.13. The highest BCUT2D eigenvalue weighted by atomic mass is 32.2. The van der Waals surface area contributed by atoms with Crippen LogP contribution in [0.2, 0.25) is 0 Å². The minimum atomic E-state index is -3.90. The van der Waals surface area contributed by atoms with Crippen LogP contribution in [0.5, 0.6) is 11.5 Å². The van der Waals surface area contributed by atoms with E-state index in [0.717, 1.165) is 11.4 Å². The highest BCUT2D eigenvalue weighted by Gasteiger charge is 2.39. The number of para-hydroxylation sites is 1. The van der Waals surface area contributed by atoms with Crippen molar-refractivity contribution in [2.45, 2.75) is 23.8 Å². The molecule has 1 unspecified atom stereocenters. The predicted molar refractivity (Wildman–Crippen MR) is 131 cm³/mol. The minimum Gasteiger partial charge on any atom is -0.493 e. The van der Waals surface area contributed by atoms with Crippen LogP contribution in [0.3, 0.4) is 0 Å². The highest BCUT2D eigenvalue weighted by Crippen LogP contribution is 2.33. The van der Waals surface area contributed by atoms with Gasteiger partial charge in [-0.1, -0.05) is 18.2 Å². The molecule has 0 bridgehead atoms. The number of nitrogens with zero attached hydrogens (tertiary/aromatic N) is 1. The fourth-order valence-corrected chi connectivity index (χ4v) is 5.63. The van der Waals surface area contributed by atoms with Gasteiger partial charge in [-0.15, -0.1) is 0 Å². The van der Waals surface area contributed by atoms with Crippen molar-refractivity contribution in [3.8, 4) is 11.5 Å². The van der Waals surface area contributed by atoms with E-state index < -0.39 is 16.1 Å². The number of carbonyl (C=O) groups is 1. The Morgan fingerprint density at radius 2 is 1.53 bits per heavy atom. The van der Waals surface area contributed by atoms with Gasteiger partial charge in [0, 0.05) is 29.7 Å². The van der Waals surface area contributed by atoms with Crippen molar-refractivity contribution < 1.29 is 22.7 Å². The van der Waals surface area contributed by atoms with E-state index in [-0.39, 0.29) is 17.3 Å². The summed E-state index contributed by atoms with van der Waals surface area (Å²) in [6.45, 7) is 0.273. The smallest absolute Gasteiger partial charge is 0.243 e. The Morgan fingerprint density at radius 1 is 0.882 bits per heavy atom. The molecule has 3 aromatic rings. The molecule has 1 saturated heterocycles. The predicted octanol–water partition coefficient (Wildman–Crippen LogP) is 4.24. The van der Waals surface area contributed by atoms with Crippen molar-refractivity contribution in [3.05, 3.63) is 72.8 Å². The van der Waals surface area contributed by atoms with Gasteiger partial charge in [0.1, 0.15) is 6.04 Å². The summed E-state index contributed by atoms with van der Waals surface area (Å²) in [5.41, 5.74) is 2.43. The first-order valence-electron chi connectivity index (χ1n) is 10.9. The molecule has 4 rings (SSSR count). The Labute approximate surface area is 199 Å². The van der Waals surface area contributed by atoms with Crippen molar-refractivity contribution >= 4 is 33.0 Å². The molecule has 2 N–H and O–H groups in total. The zero-order valence-electron chi connectivity index (χ0n) is 19.0. The topological polar surface area (TPSA) is 97.0 Å². The average Bonchev–Trinajstić information content (AvgIpc) is 3.37. The summed E-state index contributed by atoms with van der Waals surface area (Å²) >= 11 is 0. The largest absolute Gasteiger partial charge is 0.493 e. The van der Waals surface area contributed by atoms with E-state index >= 15 is 0 Å². The number of amides is 1. The maximum absolute atomic E-state index is 13.3. The Morgan fingerprint density at radius 3 is 2.21 bits per heavy atom. The molecule has 9 heteroatoms. The van der Waals surface area contributed by atoms with E-state index in [1.165, 1.54) is 30.7 Å². The second-order valence-electron chi connectivity index (χ2n) is 7.85. The number of rotatable bonds is 8. The average molecular weight is 482 g/mol. The Kier molecular flexibility index (Phi) is 7.04. The molecule has 1 amide bonds. The second-order valence-corrected chi connectivity index (χ2v) is 9.74. The third-order valence-corrected chi connectivity index (χ3v) is 7.59. The molecule has 3 aromatic carbocycles. The maximum Gasteiger partial charge on any atom is 0.243 e. The van der Waals surface area contributed by atoms with Crippen LogP contribution >= 0.6 is 0 Å². The van der Waals surface area contributed by atoms with Crippen LogP contribution in [-0.2, 0) is 14.8 Å². The molecular formula is C25H27N3O5S. The lowest BCUT2D eigenvalue weighted by Gasteiger charge is -2.24. The lowest BCUT2D eigenvalue weighted by atomic mass is 10.2. The standard InChI is InChI=1S/C25H27N3O5S/c1-32-23-15-14-21(17-24(23)33-2)34(30,31)28-16-6-9-22(28)25(29)27-20-12-10-19(11-13-20)26-18-7-4-3-5-8-18/h3-5,7-8,10-15,17,22,26H,6,9,16H2,1-2H3,(H,27,29). The van der Waals surface area contributed by atoms with Gasteiger partial charge in [-0.2, -0.15) is 4.31 Å². The first-order valence-corrected chi connectivity index (χ1v) is 12.3. The number of hydrogen-bond donors (Lipinski definition) is 2. The van der Waals surface area contributed by atoms with Crippen molar-refractivity contribution in [2.24, 2.45) is 0 Å². The van der Waals surface area contributed by atoms with Gasteiger partial charge in [0.25, 0.3) is 0 Å². The second kappa shape index (κ2) is 10.1. The first-order chi connectivity index (χ1) is 16.4. The Bertz CT molecular complexity index is 1250. The number of sulfonamides is 1. The summed E-state index contributed by atoms with van der Waals surface area (Å²) in [4.78, 5) is 13.1. The third-order valence-electron chi connectivity index (χ3n) is 5.68. The van der Waals surface area contributed by atoms with Gasteiger partial charge in [0.05, 0.1) is 19.1 Å². The SMILES string of the molecule is COc1ccc(S(=O)(=O)N2CCCC2C(=O)Nc2ccc(Nc3ccccc3)cc2)cc1OC. The summed E-state index contributed by atoms with van der Waals surface area (Å²) in [7, 11) is -0.968. The zero-order chi connectivity index (χ0) is 24.1. The van der Waals surface area contributed by atoms with Crippen LogP contribution < -0.4 is 20.1 Å².